The van der Waals surface area contributed by atoms with Gasteiger partial charge >= 0.3 is 0 Å². The first-order valence-electron chi connectivity index (χ1n) is 10.1. The van der Waals surface area contributed by atoms with Gasteiger partial charge in [0.2, 0.25) is 0 Å². The van der Waals surface area contributed by atoms with Crippen LogP contribution in [0.1, 0.15) is 27.1 Å². The van der Waals surface area contributed by atoms with Crippen LogP contribution in [-0.2, 0) is 9.47 Å². The molecule has 0 atom stereocenters. The molecule has 29 heavy (non-hydrogen) atoms. The van der Waals surface area contributed by atoms with E-state index in [1.165, 1.54) is 0 Å². The average molecular weight is 394 g/mol. The number of anilines is 2. The van der Waals surface area contributed by atoms with Crippen molar-refractivity contribution in [3.8, 4) is 0 Å². The lowest BCUT2D eigenvalue weighted by Gasteiger charge is -2.29. The van der Waals surface area contributed by atoms with Gasteiger partial charge in [0, 0.05) is 48.7 Å². The maximum Gasteiger partial charge on any atom is 0.170 e. The van der Waals surface area contributed by atoms with E-state index in [0.717, 1.165) is 64.0 Å². The van der Waals surface area contributed by atoms with Crippen molar-refractivity contribution in [2.24, 2.45) is 0 Å². The molecule has 0 amide bonds. The van der Waals surface area contributed by atoms with Gasteiger partial charge in [-0.25, -0.2) is 0 Å². The summed E-state index contributed by atoms with van der Waals surface area (Å²) in [6, 6.07) is 15.0. The standard InChI is InChI=1S/C23H26N2O4/c26-22(18-1-5-20(6-2-18)24-9-13-28-14-10-24)17-23(27)19-3-7-21(8-4-19)25-11-15-29-16-12-25/h1-8H,9-17H2. The third-order valence-corrected chi connectivity index (χ3v) is 5.45. The zero-order valence-corrected chi connectivity index (χ0v) is 16.5. The first kappa shape index (κ1) is 19.6. The Morgan fingerprint density at radius 3 is 1.31 bits per heavy atom. The molecule has 2 heterocycles. The highest BCUT2D eigenvalue weighted by Crippen LogP contribution is 2.20. The lowest BCUT2D eigenvalue weighted by atomic mass is 10.0. The van der Waals surface area contributed by atoms with Crippen molar-refractivity contribution in [2.45, 2.75) is 6.42 Å². The highest BCUT2D eigenvalue weighted by atomic mass is 16.5. The summed E-state index contributed by atoms with van der Waals surface area (Å²) in [5.41, 5.74) is 3.30. The number of hydrogen-bond acceptors (Lipinski definition) is 6. The van der Waals surface area contributed by atoms with E-state index < -0.39 is 0 Å². The molecular formula is C23H26N2O4. The van der Waals surface area contributed by atoms with Gasteiger partial charge in [0.25, 0.3) is 0 Å². The van der Waals surface area contributed by atoms with Gasteiger partial charge in [0.1, 0.15) is 0 Å². The summed E-state index contributed by atoms with van der Waals surface area (Å²) < 4.78 is 10.7. The van der Waals surface area contributed by atoms with E-state index in [1.54, 1.807) is 0 Å². The van der Waals surface area contributed by atoms with Crippen LogP contribution >= 0.6 is 0 Å². The number of hydrogen-bond donors (Lipinski definition) is 0. The van der Waals surface area contributed by atoms with Crippen LogP contribution in [0.25, 0.3) is 0 Å². The lowest BCUT2D eigenvalue weighted by molar-refractivity contribution is 0.0894. The van der Waals surface area contributed by atoms with Crippen molar-refractivity contribution in [1.29, 1.82) is 0 Å². The molecule has 2 aliphatic heterocycles. The minimum Gasteiger partial charge on any atom is -0.378 e. The number of Topliss-reactive ketones (excluding diaryl/α,β-unsaturated/α-hetero) is 2. The molecule has 0 spiro atoms. The minimum absolute atomic E-state index is 0.117. The summed E-state index contributed by atoms with van der Waals surface area (Å²) in [7, 11) is 0. The molecule has 0 N–H and O–H groups in total. The number of ketones is 2. The highest BCUT2D eigenvalue weighted by Gasteiger charge is 2.17. The zero-order chi connectivity index (χ0) is 20.1. The van der Waals surface area contributed by atoms with Gasteiger partial charge in [0.15, 0.2) is 11.6 Å². The molecule has 4 rings (SSSR count). The van der Waals surface area contributed by atoms with Gasteiger partial charge in [-0.3, -0.25) is 9.59 Å². The van der Waals surface area contributed by atoms with Crippen LogP contribution in [0.3, 0.4) is 0 Å². The summed E-state index contributed by atoms with van der Waals surface area (Å²) in [5, 5.41) is 0. The number of rotatable bonds is 6. The quantitative estimate of drug-likeness (QED) is 0.555. The largest absolute Gasteiger partial charge is 0.378 e. The van der Waals surface area contributed by atoms with Crippen molar-refractivity contribution in [1.82, 2.24) is 0 Å². The molecule has 6 nitrogen and oxygen atoms in total. The van der Waals surface area contributed by atoms with E-state index in [4.69, 9.17) is 9.47 Å². The molecule has 0 aliphatic carbocycles. The Morgan fingerprint density at radius 2 is 0.966 bits per heavy atom. The van der Waals surface area contributed by atoms with Crippen molar-refractivity contribution in [3.63, 3.8) is 0 Å². The first-order chi connectivity index (χ1) is 14.2. The third kappa shape index (κ3) is 4.83. The van der Waals surface area contributed by atoms with E-state index in [0.29, 0.717) is 11.1 Å². The van der Waals surface area contributed by atoms with Crippen LogP contribution < -0.4 is 9.80 Å². The number of nitrogens with zero attached hydrogens (tertiary/aromatic N) is 2. The Morgan fingerprint density at radius 1 is 0.621 bits per heavy atom. The maximum atomic E-state index is 12.6. The summed E-state index contributed by atoms with van der Waals surface area (Å²) in [4.78, 5) is 29.6. The fraction of sp³-hybridized carbons (Fsp3) is 0.391. The predicted octanol–water partition coefficient (Wildman–Crippen LogP) is 2.82. The molecular weight excluding hydrogens is 368 g/mol. The number of carbonyl (C=O) groups is 2. The number of carbonyl (C=O) groups excluding carboxylic acids is 2. The maximum absolute atomic E-state index is 12.6. The molecule has 152 valence electrons. The third-order valence-electron chi connectivity index (χ3n) is 5.45. The molecule has 2 aromatic carbocycles. The second kappa shape index (κ2) is 9.20. The molecule has 0 bridgehead atoms. The minimum atomic E-state index is -0.152. The molecule has 2 saturated heterocycles. The molecule has 0 saturated carbocycles. The molecule has 6 heteroatoms. The van der Waals surface area contributed by atoms with Crippen molar-refractivity contribution in [3.05, 3.63) is 59.7 Å². The van der Waals surface area contributed by atoms with Crippen LogP contribution in [0, 0.1) is 0 Å². The number of benzene rings is 2. The van der Waals surface area contributed by atoms with Crippen LogP contribution in [-0.4, -0.2) is 64.2 Å². The Balaban J connectivity index is 1.35. The zero-order valence-electron chi connectivity index (χ0n) is 16.5. The predicted molar refractivity (Wildman–Crippen MR) is 112 cm³/mol. The molecule has 2 aromatic rings. The first-order valence-corrected chi connectivity index (χ1v) is 10.1. The Labute approximate surface area is 171 Å². The lowest BCUT2D eigenvalue weighted by Crippen LogP contribution is -2.36. The van der Waals surface area contributed by atoms with E-state index in [-0.39, 0.29) is 18.0 Å². The molecule has 0 unspecified atom stereocenters. The van der Waals surface area contributed by atoms with Crippen LogP contribution in [0.4, 0.5) is 11.4 Å². The summed E-state index contributed by atoms with van der Waals surface area (Å²) in [6.45, 7) is 6.30. The smallest absolute Gasteiger partial charge is 0.170 e. The molecule has 0 radical (unpaired) electrons. The van der Waals surface area contributed by atoms with Crippen LogP contribution in [0.2, 0.25) is 0 Å². The highest BCUT2D eigenvalue weighted by molar-refractivity contribution is 6.13. The summed E-state index contributed by atoms with van der Waals surface area (Å²) in [5.74, 6) is -0.304. The van der Waals surface area contributed by atoms with Gasteiger partial charge in [-0.05, 0) is 48.5 Å². The summed E-state index contributed by atoms with van der Waals surface area (Å²) in [6.07, 6.45) is -0.117. The monoisotopic (exact) mass is 394 g/mol. The molecule has 2 fully saturated rings. The Hall–Kier alpha value is -2.70. The molecule has 0 aromatic heterocycles. The van der Waals surface area contributed by atoms with Gasteiger partial charge in [-0.2, -0.15) is 0 Å². The van der Waals surface area contributed by atoms with Crippen LogP contribution in [0.5, 0.6) is 0 Å². The Bertz CT molecular complexity index is 765. The van der Waals surface area contributed by atoms with Gasteiger partial charge in [0.05, 0.1) is 32.8 Å². The van der Waals surface area contributed by atoms with Crippen LogP contribution in [0.15, 0.2) is 48.5 Å². The van der Waals surface area contributed by atoms with Crippen molar-refractivity contribution >= 4 is 22.9 Å². The van der Waals surface area contributed by atoms with Gasteiger partial charge in [-0.1, -0.05) is 0 Å². The van der Waals surface area contributed by atoms with E-state index >= 15 is 0 Å². The van der Waals surface area contributed by atoms with Gasteiger partial charge < -0.3 is 19.3 Å². The van der Waals surface area contributed by atoms with Crippen molar-refractivity contribution < 1.29 is 19.1 Å². The fourth-order valence-electron chi connectivity index (χ4n) is 3.71. The second-order valence-electron chi connectivity index (χ2n) is 7.32. The van der Waals surface area contributed by atoms with E-state index in [1.807, 2.05) is 48.5 Å². The fourth-order valence-corrected chi connectivity index (χ4v) is 3.71. The average Bonchev–Trinajstić information content (AvgIpc) is 2.80. The van der Waals surface area contributed by atoms with Gasteiger partial charge in [-0.15, -0.1) is 0 Å². The van der Waals surface area contributed by atoms with E-state index in [2.05, 4.69) is 9.80 Å². The molecule has 2 aliphatic rings. The number of ether oxygens (including phenoxy) is 2. The second-order valence-corrected chi connectivity index (χ2v) is 7.32. The summed E-state index contributed by atoms with van der Waals surface area (Å²) >= 11 is 0. The normalized spacial score (nSPS) is 17.2. The topological polar surface area (TPSA) is 59.1 Å². The number of morpholine rings is 2. The van der Waals surface area contributed by atoms with Crippen molar-refractivity contribution in [2.75, 3.05) is 62.4 Å². The van der Waals surface area contributed by atoms with E-state index in [9.17, 15) is 9.59 Å². The Kier molecular flexibility index (Phi) is 6.22. The SMILES string of the molecule is O=C(CC(=O)c1ccc(N2CCOCC2)cc1)c1ccc(N2CCOCC2)cc1.